The van der Waals surface area contributed by atoms with Crippen molar-refractivity contribution < 1.29 is 32.2 Å². The Morgan fingerprint density at radius 2 is 1.71 bits per heavy atom. The Balaban J connectivity index is 1.68. The molecule has 4 aromatic carbocycles. The fourth-order valence-electron chi connectivity index (χ4n) is 5.71. The lowest BCUT2D eigenvalue weighted by Gasteiger charge is -2.17. The predicted molar refractivity (Wildman–Crippen MR) is 158 cm³/mol. The van der Waals surface area contributed by atoms with Gasteiger partial charge in [-0.2, -0.15) is 0 Å². The van der Waals surface area contributed by atoms with Gasteiger partial charge in [-0.05, 0) is 60.5 Å². The second-order valence-electron chi connectivity index (χ2n) is 10.1. The summed E-state index contributed by atoms with van der Waals surface area (Å²) in [5.74, 6) is 0.122. The fraction of sp³-hybridized carbons (Fsp3) is 0.188. The Kier molecular flexibility index (Phi) is 6.65. The van der Waals surface area contributed by atoms with E-state index in [1.54, 1.807) is 61.4 Å². The molecule has 0 unspecified atom stereocenters. The topological polar surface area (TPSA) is 104 Å². The smallest absolute Gasteiger partial charge is 0.340 e. The van der Waals surface area contributed by atoms with E-state index in [2.05, 4.69) is 0 Å². The maximum atomic E-state index is 14.3. The lowest BCUT2D eigenvalue weighted by molar-refractivity contribution is 0.0602. The maximum Gasteiger partial charge on any atom is 0.340 e. The SMILES string of the molecule is COC(=O)c1cc2c(c3c4cc(OC)ccc4n(S(=O)(=O)c4cccc(C)c4)c13)C(=O)N(Cc1ccccc1OC)C2. The lowest BCUT2D eigenvalue weighted by atomic mass is 9.98. The Morgan fingerprint density at radius 3 is 2.43 bits per heavy atom. The first-order chi connectivity index (χ1) is 20.2. The summed E-state index contributed by atoms with van der Waals surface area (Å²) < 4.78 is 45.9. The van der Waals surface area contributed by atoms with Gasteiger partial charge in [0.1, 0.15) is 11.5 Å². The van der Waals surface area contributed by atoms with Crippen molar-refractivity contribution in [2.24, 2.45) is 0 Å². The van der Waals surface area contributed by atoms with Crippen LogP contribution in [-0.4, -0.2) is 50.5 Å². The molecule has 10 heteroatoms. The van der Waals surface area contributed by atoms with Crippen molar-refractivity contribution in [2.75, 3.05) is 21.3 Å². The van der Waals surface area contributed by atoms with E-state index in [1.165, 1.54) is 20.3 Å². The van der Waals surface area contributed by atoms with Crippen LogP contribution in [-0.2, 0) is 27.8 Å². The first-order valence-electron chi connectivity index (χ1n) is 13.2. The molecule has 214 valence electrons. The van der Waals surface area contributed by atoms with Crippen LogP contribution in [0.4, 0.5) is 0 Å². The number of aryl methyl sites for hydroxylation is 1. The summed E-state index contributed by atoms with van der Waals surface area (Å²) in [6, 6.07) is 20.5. The van der Waals surface area contributed by atoms with Gasteiger partial charge in [-0.1, -0.05) is 30.3 Å². The van der Waals surface area contributed by atoms with Gasteiger partial charge in [0.25, 0.3) is 15.9 Å². The van der Waals surface area contributed by atoms with Crippen LogP contribution in [0.1, 0.15) is 37.4 Å². The second kappa shape index (κ2) is 10.2. The number of carbonyl (C=O) groups excluding carboxylic acids is 2. The number of hydrogen-bond donors (Lipinski definition) is 0. The van der Waals surface area contributed by atoms with Crippen molar-refractivity contribution in [2.45, 2.75) is 24.9 Å². The minimum atomic E-state index is -4.23. The minimum Gasteiger partial charge on any atom is -0.497 e. The fourth-order valence-corrected chi connectivity index (χ4v) is 7.35. The highest BCUT2D eigenvalue weighted by molar-refractivity contribution is 7.90. The van der Waals surface area contributed by atoms with Crippen molar-refractivity contribution in [3.05, 3.63) is 101 Å². The maximum absolute atomic E-state index is 14.3. The van der Waals surface area contributed by atoms with Gasteiger partial charge in [0, 0.05) is 29.4 Å². The number of fused-ring (bicyclic) bond motifs is 5. The number of esters is 1. The Hall–Kier alpha value is -4.83. The molecule has 0 atom stereocenters. The highest BCUT2D eigenvalue weighted by atomic mass is 32.2. The summed E-state index contributed by atoms with van der Waals surface area (Å²) in [5.41, 5.74) is 2.94. The van der Waals surface area contributed by atoms with E-state index < -0.39 is 16.0 Å². The quantitative estimate of drug-likeness (QED) is 0.239. The third kappa shape index (κ3) is 4.18. The molecule has 0 saturated carbocycles. The van der Waals surface area contributed by atoms with Gasteiger partial charge in [-0.15, -0.1) is 0 Å². The summed E-state index contributed by atoms with van der Waals surface area (Å²) in [7, 11) is 0.0873. The van der Waals surface area contributed by atoms with Crippen LogP contribution in [0, 0.1) is 6.92 Å². The number of carbonyl (C=O) groups is 2. The number of para-hydroxylation sites is 1. The van der Waals surface area contributed by atoms with E-state index in [-0.39, 0.29) is 35.0 Å². The molecule has 6 rings (SSSR count). The van der Waals surface area contributed by atoms with E-state index in [9.17, 15) is 18.0 Å². The minimum absolute atomic E-state index is 0.0459. The van der Waals surface area contributed by atoms with Gasteiger partial charge in [-0.3, -0.25) is 4.79 Å². The normalized spacial score (nSPS) is 13.0. The highest BCUT2D eigenvalue weighted by Gasteiger charge is 2.37. The van der Waals surface area contributed by atoms with Crippen LogP contribution in [0.15, 0.2) is 77.7 Å². The average Bonchev–Trinajstić information content (AvgIpc) is 3.50. The molecule has 0 aliphatic carbocycles. The molecule has 5 aromatic rings. The zero-order valence-corrected chi connectivity index (χ0v) is 24.3. The van der Waals surface area contributed by atoms with Gasteiger partial charge in [0.2, 0.25) is 0 Å². The monoisotopic (exact) mass is 584 g/mol. The lowest BCUT2D eigenvalue weighted by Crippen LogP contribution is -2.23. The number of benzene rings is 4. The number of ether oxygens (including phenoxy) is 3. The third-order valence-electron chi connectivity index (χ3n) is 7.63. The molecule has 0 bridgehead atoms. The zero-order chi connectivity index (χ0) is 29.8. The van der Waals surface area contributed by atoms with Gasteiger partial charge in [0.05, 0.1) is 48.4 Å². The van der Waals surface area contributed by atoms with Gasteiger partial charge < -0.3 is 19.1 Å². The van der Waals surface area contributed by atoms with Gasteiger partial charge in [0.15, 0.2) is 0 Å². The molecule has 0 radical (unpaired) electrons. The summed E-state index contributed by atoms with van der Waals surface area (Å²) in [4.78, 5) is 29.1. The van der Waals surface area contributed by atoms with E-state index >= 15 is 0 Å². The van der Waals surface area contributed by atoms with Gasteiger partial charge >= 0.3 is 5.97 Å². The standard InChI is InChI=1S/C32H28N2O7S/c1-19-8-7-10-23(14-19)42(37,38)34-26-13-12-22(39-2)16-24(26)29-28-21(15-25(30(29)34)32(36)41-4)18-33(31(28)35)17-20-9-5-6-11-27(20)40-3/h5-16H,17-18H2,1-4H3. The van der Waals surface area contributed by atoms with Crippen molar-refractivity contribution >= 4 is 43.7 Å². The molecule has 0 fully saturated rings. The van der Waals surface area contributed by atoms with E-state index in [1.807, 2.05) is 24.3 Å². The van der Waals surface area contributed by atoms with E-state index in [4.69, 9.17) is 14.2 Å². The second-order valence-corrected chi connectivity index (χ2v) is 11.9. The molecule has 42 heavy (non-hydrogen) atoms. The molecule has 1 aliphatic rings. The van der Waals surface area contributed by atoms with E-state index in [0.29, 0.717) is 38.9 Å². The number of aromatic nitrogens is 1. The highest BCUT2D eigenvalue weighted by Crippen LogP contribution is 2.43. The Morgan fingerprint density at radius 1 is 0.929 bits per heavy atom. The van der Waals surface area contributed by atoms with E-state index in [0.717, 1.165) is 15.1 Å². The van der Waals surface area contributed by atoms with Crippen LogP contribution in [0.2, 0.25) is 0 Å². The molecule has 1 aromatic heterocycles. The number of methoxy groups -OCH3 is 3. The molecule has 0 spiro atoms. The van der Waals surface area contributed by atoms with Crippen molar-refractivity contribution in [3.63, 3.8) is 0 Å². The first kappa shape index (κ1) is 27.3. The largest absolute Gasteiger partial charge is 0.497 e. The molecule has 0 saturated heterocycles. The first-order valence-corrected chi connectivity index (χ1v) is 14.6. The van der Waals surface area contributed by atoms with Crippen LogP contribution in [0.25, 0.3) is 21.8 Å². The molecule has 1 amide bonds. The van der Waals surface area contributed by atoms with Crippen LogP contribution < -0.4 is 9.47 Å². The summed E-state index contributed by atoms with van der Waals surface area (Å²) >= 11 is 0. The summed E-state index contributed by atoms with van der Waals surface area (Å²) in [6.07, 6.45) is 0. The summed E-state index contributed by atoms with van der Waals surface area (Å²) in [5, 5.41) is 0.820. The number of rotatable bonds is 7. The molecule has 2 heterocycles. The molecule has 1 aliphatic heterocycles. The number of amides is 1. The zero-order valence-electron chi connectivity index (χ0n) is 23.5. The Labute approximate surface area is 242 Å². The predicted octanol–water partition coefficient (Wildman–Crippen LogP) is 5.30. The molecule has 0 N–H and O–H groups in total. The third-order valence-corrected chi connectivity index (χ3v) is 9.34. The molecule has 9 nitrogen and oxygen atoms in total. The number of nitrogens with zero attached hydrogens (tertiary/aromatic N) is 2. The molecular weight excluding hydrogens is 556 g/mol. The van der Waals surface area contributed by atoms with Crippen molar-refractivity contribution in [3.8, 4) is 11.5 Å². The summed E-state index contributed by atoms with van der Waals surface area (Å²) in [6.45, 7) is 2.28. The van der Waals surface area contributed by atoms with Crippen LogP contribution >= 0.6 is 0 Å². The average molecular weight is 585 g/mol. The van der Waals surface area contributed by atoms with Crippen molar-refractivity contribution in [1.29, 1.82) is 0 Å². The van der Waals surface area contributed by atoms with Crippen LogP contribution in [0.5, 0.6) is 11.5 Å². The van der Waals surface area contributed by atoms with Gasteiger partial charge in [-0.25, -0.2) is 17.2 Å². The number of hydrogen-bond acceptors (Lipinski definition) is 7. The van der Waals surface area contributed by atoms with Crippen molar-refractivity contribution in [1.82, 2.24) is 8.87 Å². The Bertz CT molecular complexity index is 2030. The molecular formula is C32H28N2O7S. The van der Waals surface area contributed by atoms with Crippen LogP contribution in [0.3, 0.4) is 0 Å².